The molecule has 0 unspecified atom stereocenters. The molecular formula is C23H25N3O4S2. The van der Waals surface area contributed by atoms with Crippen molar-refractivity contribution in [2.45, 2.75) is 17.9 Å². The van der Waals surface area contributed by atoms with Crippen LogP contribution in [-0.2, 0) is 32.6 Å². The lowest BCUT2D eigenvalue weighted by molar-refractivity contribution is -0.135. The minimum Gasteiger partial charge on any atom is -0.354 e. The predicted molar refractivity (Wildman–Crippen MR) is 125 cm³/mol. The first-order valence-electron chi connectivity index (χ1n) is 10.1. The quantitative estimate of drug-likeness (QED) is 0.449. The molecule has 0 radical (unpaired) electrons. The van der Waals surface area contributed by atoms with Crippen LogP contribution in [-0.4, -0.2) is 44.8 Å². The van der Waals surface area contributed by atoms with Crippen molar-refractivity contribution in [2.75, 3.05) is 19.6 Å². The second kappa shape index (κ2) is 11.6. The van der Waals surface area contributed by atoms with Crippen molar-refractivity contribution >= 4 is 33.2 Å². The van der Waals surface area contributed by atoms with E-state index in [1.165, 1.54) is 28.4 Å². The zero-order valence-electron chi connectivity index (χ0n) is 17.4. The Morgan fingerprint density at radius 3 is 2.25 bits per heavy atom. The number of hydrogen-bond donors (Lipinski definition) is 2. The van der Waals surface area contributed by atoms with Crippen LogP contribution >= 0.6 is 11.3 Å². The lowest BCUT2D eigenvalue weighted by Crippen LogP contribution is -2.44. The zero-order valence-corrected chi connectivity index (χ0v) is 19.1. The first-order chi connectivity index (χ1) is 15.4. The number of nitrogens with zero attached hydrogens (tertiary/aromatic N) is 1. The highest BCUT2D eigenvalue weighted by Crippen LogP contribution is 2.12. The molecule has 1 heterocycles. The van der Waals surface area contributed by atoms with E-state index in [4.69, 9.17) is 0 Å². The molecule has 0 atom stereocenters. The molecule has 9 heteroatoms. The van der Waals surface area contributed by atoms with Crippen molar-refractivity contribution < 1.29 is 18.0 Å². The lowest BCUT2D eigenvalue weighted by atomic mass is 10.1. The van der Waals surface area contributed by atoms with Crippen molar-refractivity contribution in [2.24, 2.45) is 0 Å². The number of carbonyl (C=O) groups excluding carboxylic acids is 2. The maximum atomic E-state index is 12.8. The van der Waals surface area contributed by atoms with Gasteiger partial charge in [-0.15, -0.1) is 11.3 Å². The molecule has 0 saturated heterocycles. The van der Waals surface area contributed by atoms with Crippen molar-refractivity contribution in [3.05, 3.63) is 88.6 Å². The molecule has 7 nitrogen and oxygen atoms in total. The van der Waals surface area contributed by atoms with Gasteiger partial charge < -0.3 is 10.2 Å². The van der Waals surface area contributed by atoms with Gasteiger partial charge in [-0.1, -0.05) is 54.6 Å². The summed E-state index contributed by atoms with van der Waals surface area (Å²) >= 11 is 1.47. The third-order valence-corrected chi connectivity index (χ3v) is 6.94. The molecule has 0 saturated carbocycles. The van der Waals surface area contributed by atoms with E-state index in [0.717, 1.165) is 10.4 Å². The molecular weight excluding hydrogens is 446 g/mol. The summed E-state index contributed by atoms with van der Waals surface area (Å²) in [5.41, 5.74) is 1.11. The predicted octanol–water partition coefficient (Wildman–Crippen LogP) is 2.41. The monoisotopic (exact) mass is 471 g/mol. The molecule has 2 aromatic carbocycles. The van der Waals surface area contributed by atoms with Crippen LogP contribution in [0.5, 0.6) is 0 Å². The van der Waals surface area contributed by atoms with Gasteiger partial charge in [0, 0.05) is 11.4 Å². The zero-order chi connectivity index (χ0) is 22.8. The number of sulfonamides is 1. The summed E-state index contributed by atoms with van der Waals surface area (Å²) in [4.78, 5) is 27.6. The van der Waals surface area contributed by atoms with Crippen LogP contribution < -0.4 is 10.0 Å². The van der Waals surface area contributed by atoms with E-state index in [9.17, 15) is 18.0 Å². The Balaban J connectivity index is 1.57. The number of thiophene rings is 1. The average Bonchev–Trinajstić information content (AvgIpc) is 3.31. The van der Waals surface area contributed by atoms with Crippen molar-refractivity contribution in [3.8, 4) is 0 Å². The van der Waals surface area contributed by atoms with Crippen LogP contribution in [0.4, 0.5) is 0 Å². The standard InChI is InChI=1S/C23H25N3O4S2/c27-22(24-14-13-19-8-3-1-4-9-19)18-26(17-20-10-7-15-31-20)23(28)16-25-32(29,30)21-11-5-2-6-12-21/h1-12,15,25H,13-14,16-18H2,(H,24,27). The second-order valence-electron chi connectivity index (χ2n) is 7.05. The Hall–Kier alpha value is -3.01. The highest BCUT2D eigenvalue weighted by molar-refractivity contribution is 7.89. The number of hydrogen-bond acceptors (Lipinski definition) is 5. The summed E-state index contributed by atoms with van der Waals surface area (Å²) in [6.07, 6.45) is 0.683. The largest absolute Gasteiger partial charge is 0.354 e. The average molecular weight is 472 g/mol. The van der Waals surface area contributed by atoms with Gasteiger partial charge in [-0.05, 0) is 35.6 Å². The molecule has 0 spiro atoms. The highest BCUT2D eigenvalue weighted by Gasteiger charge is 2.21. The Morgan fingerprint density at radius 2 is 1.59 bits per heavy atom. The SMILES string of the molecule is O=C(CN(Cc1cccs1)C(=O)CNS(=O)(=O)c1ccccc1)NCCc1ccccc1. The third kappa shape index (κ3) is 7.30. The Kier molecular flexibility index (Phi) is 8.55. The fourth-order valence-electron chi connectivity index (χ4n) is 2.99. The fraction of sp³-hybridized carbons (Fsp3) is 0.217. The van der Waals surface area contributed by atoms with E-state index in [1.54, 1.807) is 18.2 Å². The second-order valence-corrected chi connectivity index (χ2v) is 9.85. The molecule has 0 bridgehead atoms. The molecule has 0 aliphatic carbocycles. The molecule has 0 aliphatic heterocycles. The summed E-state index contributed by atoms with van der Waals surface area (Å²) in [6, 6.07) is 21.4. The van der Waals surface area contributed by atoms with Crippen LogP contribution in [0.15, 0.2) is 83.1 Å². The number of benzene rings is 2. The molecule has 1 aromatic heterocycles. The van der Waals surface area contributed by atoms with E-state index in [0.29, 0.717) is 13.0 Å². The van der Waals surface area contributed by atoms with Crippen LogP contribution in [0.3, 0.4) is 0 Å². The van der Waals surface area contributed by atoms with Crippen LogP contribution in [0.1, 0.15) is 10.4 Å². The van der Waals surface area contributed by atoms with Crippen molar-refractivity contribution in [1.82, 2.24) is 14.9 Å². The molecule has 2 amide bonds. The summed E-state index contributed by atoms with van der Waals surface area (Å²) in [7, 11) is -3.82. The molecule has 32 heavy (non-hydrogen) atoms. The van der Waals surface area contributed by atoms with E-state index in [1.807, 2.05) is 47.8 Å². The fourth-order valence-corrected chi connectivity index (χ4v) is 4.71. The molecule has 3 aromatic rings. The van der Waals surface area contributed by atoms with E-state index in [2.05, 4.69) is 10.0 Å². The minimum absolute atomic E-state index is 0.0799. The summed E-state index contributed by atoms with van der Waals surface area (Å²) in [6.45, 7) is 0.0959. The third-order valence-electron chi connectivity index (χ3n) is 4.66. The van der Waals surface area contributed by atoms with Crippen LogP contribution in [0.25, 0.3) is 0 Å². The lowest BCUT2D eigenvalue weighted by Gasteiger charge is -2.22. The number of carbonyl (C=O) groups is 2. The number of amides is 2. The number of rotatable bonds is 11. The van der Waals surface area contributed by atoms with Gasteiger partial charge in [0.25, 0.3) is 0 Å². The topological polar surface area (TPSA) is 95.6 Å². The summed E-state index contributed by atoms with van der Waals surface area (Å²) < 4.78 is 27.2. The van der Waals surface area contributed by atoms with E-state index >= 15 is 0 Å². The van der Waals surface area contributed by atoms with Gasteiger partial charge in [0.05, 0.1) is 24.5 Å². The molecule has 3 rings (SSSR count). The van der Waals surface area contributed by atoms with Gasteiger partial charge in [0.15, 0.2) is 0 Å². The van der Waals surface area contributed by atoms with Gasteiger partial charge in [-0.3, -0.25) is 9.59 Å². The minimum atomic E-state index is -3.82. The Morgan fingerprint density at radius 1 is 0.906 bits per heavy atom. The van der Waals surface area contributed by atoms with Gasteiger partial charge in [0.2, 0.25) is 21.8 Å². The Labute approximate surface area is 192 Å². The molecule has 0 aliphatic rings. The normalized spacial score (nSPS) is 11.1. The van der Waals surface area contributed by atoms with Crippen molar-refractivity contribution in [3.63, 3.8) is 0 Å². The summed E-state index contributed by atoms with van der Waals surface area (Å²) in [5, 5.41) is 4.71. The van der Waals surface area contributed by atoms with Crippen molar-refractivity contribution in [1.29, 1.82) is 0 Å². The van der Waals surface area contributed by atoms with E-state index in [-0.39, 0.29) is 23.9 Å². The first kappa shape index (κ1) is 23.6. The summed E-state index contributed by atoms with van der Waals surface area (Å²) in [5.74, 6) is -0.770. The smallest absolute Gasteiger partial charge is 0.241 e. The molecule has 0 fully saturated rings. The molecule has 168 valence electrons. The highest BCUT2D eigenvalue weighted by atomic mass is 32.2. The molecule has 2 N–H and O–H groups in total. The van der Waals surface area contributed by atoms with Crippen LogP contribution in [0.2, 0.25) is 0 Å². The van der Waals surface area contributed by atoms with Crippen LogP contribution in [0, 0.1) is 0 Å². The Bertz CT molecular complexity index is 1100. The van der Waals surface area contributed by atoms with Gasteiger partial charge in [-0.2, -0.15) is 0 Å². The maximum Gasteiger partial charge on any atom is 0.241 e. The van der Waals surface area contributed by atoms with E-state index < -0.39 is 22.5 Å². The van der Waals surface area contributed by atoms with Gasteiger partial charge in [0.1, 0.15) is 0 Å². The first-order valence-corrected chi connectivity index (χ1v) is 12.5. The van der Waals surface area contributed by atoms with Gasteiger partial charge >= 0.3 is 0 Å². The van der Waals surface area contributed by atoms with Gasteiger partial charge in [-0.25, -0.2) is 13.1 Å². The number of nitrogens with one attached hydrogen (secondary N) is 2. The maximum absolute atomic E-state index is 12.8.